The number of carbonyl (C=O) groups excluding carboxylic acids is 1. The van der Waals surface area contributed by atoms with Crippen molar-refractivity contribution in [2.24, 2.45) is 5.92 Å². The molecule has 0 fully saturated rings. The monoisotopic (exact) mass is 306 g/mol. The van der Waals surface area contributed by atoms with Crippen molar-refractivity contribution in [1.29, 1.82) is 0 Å². The van der Waals surface area contributed by atoms with E-state index in [0.29, 0.717) is 11.6 Å². The number of thioether (sulfide) groups is 1. The van der Waals surface area contributed by atoms with Crippen LogP contribution in [0.25, 0.3) is 0 Å². The predicted octanol–water partition coefficient (Wildman–Crippen LogP) is 3.44. The van der Waals surface area contributed by atoms with Gasteiger partial charge >= 0.3 is 0 Å². The normalized spacial score (nSPS) is 12.4. The number of hydrogen-bond donors (Lipinski definition) is 2. The second-order valence-electron chi connectivity index (χ2n) is 5.09. The quantitative estimate of drug-likeness (QED) is 0.828. The number of phenolic OH excluding ortho intramolecular Hbond substituents is 1. The largest absolute Gasteiger partial charge is 0.508 e. The molecule has 1 aromatic carbocycles. The first kappa shape index (κ1) is 15.4. The van der Waals surface area contributed by atoms with E-state index in [4.69, 9.17) is 4.52 Å². The molecule has 21 heavy (non-hydrogen) atoms. The summed E-state index contributed by atoms with van der Waals surface area (Å²) in [5.41, 5.74) is 0. The minimum absolute atomic E-state index is 0.114. The molecule has 0 saturated carbocycles. The number of phenols is 1. The lowest BCUT2D eigenvalue weighted by molar-refractivity contribution is -0.116. The molecule has 0 aliphatic heterocycles. The molecule has 112 valence electrons. The van der Waals surface area contributed by atoms with Crippen LogP contribution in [0.15, 0.2) is 39.8 Å². The predicted molar refractivity (Wildman–Crippen MR) is 82.5 cm³/mol. The molecule has 0 saturated heterocycles. The van der Waals surface area contributed by atoms with E-state index in [-0.39, 0.29) is 22.8 Å². The molecule has 2 rings (SSSR count). The number of aromatic nitrogens is 1. The molecule has 1 aromatic heterocycles. The van der Waals surface area contributed by atoms with Crippen molar-refractivity contribution in [2.75, 3.05) is 5.32 Å². The van der Waals surface area contributed by atoms with E-state index in [1.807, 2.05) is 13.8 Å². The van der Waals surface area contributed by atoms with Crippen LogP contribution in [0.2, 0.25) is 0 Å². The van der Waals surface area contributed by atoms with Crippen molar-refractivity contribution >= 4 is 23.5 Å². The third kappa shape index (κ3) is 4.26. The fourth-order valence-electron chi connectivity index (χ4n) is 1.79. The Hall–Kier alpha value is -1.95. The van der Waals surface area contributed by atoms with Crippen LogP contribution < -0.4 is 5.32 Å². The third-order valence-electron chi connectivity index (χ3n) is 2.84. The van der Waals surface area contributed by atoms with Gasteiger partial charge in [0.2, 0.25) is 5.91 Å². The number of nitrogens with one attached hydrogen (secondary N) is 1. The Bertz CT molecular complexity index is 608. The molecule has 1 amide bonds. The second-order valence-corrected chi connectivity index (χ2v) is 6.30. The minimum atomic E-state index is -0.258. The number of amides is 1. The minimum Gasteiger partial charge on any atom is -0.508 e. The van der Waals surface area contributed by atoms with Gasteiger partial charge in [-0.1, -0.05) is 19.0 Å². The average molecular weight is 306 g/mol. The molecule has 6 heteroatoms. The smallest absolute Gasteiger partial charge is 0.239 e. The van der Waals surface area contributed by atoms with E-state index < -0.39 is 0 Å². The summed E-state index contributed by atoms with van der Waals surface area (Å²) in [6.45, 7) is 5.76. The van der Waals surface area contributed by atoms with Crippen molar-refractivity contribution in [3.8, 4) is 5.75 Å². The fourth-order valence-corrected chi connectivity index (χ4v) is 2.81. The highest BCUT2D eigenvalue weighted by Crippen LogP contribution is 2.30. The highest BCUT2D eigenvalue weighted by atomic mass is 32.2. The molecule has 2 aromatic rings. The third-order valence-corrected chi connectivity index (χ3v) is 4.40. The SMILES string of the molecule is Cc1cc(NC(=O)[C@H](Sc2ccc(O)cc2)C(C)C)no1. The number of benzene rings is 1. The Morgan fingerprint density at radius 1 is 1.33 bits per heavy atom. The highest BCUT2D eigenvalue weighted by molar-refractivity contribution is 8.00. The molecule has 1 atom stereocenters. The Morgan fingerprint density at radius 3 is 2.52 bits per heavy atom. The molecule has 0 radical (unpaired) electrons. The summed E-state index contributed by atoms with van der Waals surface area (Å²) < 4.78 is 4.94. The summed E-state index contributed by atoms with van der Waals surface area (Å²) in [5, 5.41) is 15.6. The number of rotatable bonds is 5. The molecular formula is C15H18N2O3S. The highest BCUT2D eigenvalue weighted by Gasteiger charge is 2.24. The summed E-state index contributed by atoms with van der Waals surface area (Å²) in [6.07, 6.45) is 0. The first-order chi connectivity index (χ1) is 9.95. The number of nitrogens with zero attached hydrogens (tertiary/aromatic N) is 1. The van der Waals surface area contributed by atoms with E-state index in [0.717, 1.165) is 4.90 Å². The number of hydrogen-bond acceptors (Lipinski definition) is 5. The van der Waals surface area contributed by atoms with Crippen molar-refractivity contribution in [3.05, 3.63) is 36.1 Å². The van der Waals surface area contributed by atoms with Gasteiger partial charge in [0.05, 0.1) is 5.25 Å². The van der Waals surface area contributed by atoms with Crippen LogP contribution in [0.4, 0.5) is 5.82 Å². The average Bonchev–Trinajstić information content (AvgIpc) is 2.82. The Morgan fingerprint density at radius 2 is 2.00 bits per heavy atom. The maximum atomic E-state index is 12.4. The van der Waals surface area contributed by atoms with E-state index >= 15 is 0 Å². The van der Waals surface area contributed by atoms with Gasteiger partial charge < -0.3 is 14.9 Å². The van der Waals surface area contributed by atoms with Crippen LogP contribution in [0.1, 0.15) is 19.6 Å². The lowest BCUT2D eigenvalue weighted by atomic mass is 10.1. The summed E-state index contributed by atoms with van der Waals surface area (Å²) in [7, 11) is 0. The van der Waals surface area contributed by atoms with Gasteiger partial charge in [0.1, 0.15) is 11.5 Å². The van der Waals surface area contributed by atoms with Crippen molar-refractivity contribution < 1.29 is 14.4 Å². The first-order valence-corrected chi connectivity index (χ1v) is 7.53. The molecule has 5 nitrogen and oxygen atoms in total. The Labute approximate surface area is 127 Å². The van der Waals surface area contributed by atoms with Crippen LogP contribution in [0, 0.1) is 12.8 Å². The molecule has 2 N–H and O–H groups in total. The van der Waals surface area contributed by atoms with Gasteiger partial charge in [0.25, 0.3) is 0 Å². The standard InChI is InChI=1S/C15H18N2O3S/c1-9(2)14(21-12-6-4-11(18)5-7-12)15(19)16-13-8-10(3)20-17-13/h4-9,14,18H,1-3H3,(H,16,17,19)/t14-/m1/s1. The lowest BCUT2D eigenvalue weighted by Crippen LogP contribution is -2.29. The summed E-state index contributed by atoms with van der Waals surface area (Å²) in [6, 6.07) is 8.49. The summed E-state index contributed by atoms with van der Waals surface area (Å²) >= 11 is 1.46. The van der Waals surface area contributed by atoms with E-state index in [1.165, 1.54) is 11.8 Å². The van der Waals surface area contributed by atoms with E-state index in [2.05, 4.69) is 10.5 Å². The van der Waals surface area contributed by atoms with Crippen LogP contribution in [0.3, 0.4) is 0 Å². The fraction of sp³-hybridized carbons (Fsp3) is 0.333. The number of anilines is 1. The molecule has 0 bridgehead atoms. The second kappa shape index (κ2) is 6.67. The zero-order valence-corrected chi connectivity index (χ0v) is 13.0. The van der Waals surface area contributed by atoms with Gasteiger partial charge in [-0.15, -0.1) is 11.8 Å². The maximum Gasteiger partial charge on any atom is 0.239 e. The number of aromatic hydroxyl groups is 1. The zero-order valence-electron chi connectivity index (χ0n) is 12.2. The molecule has 1 heterocycles. The number of carbonyl (C=O) groups is 1. The van der Waals surface area contributed by atoms with Gasteiger partial charge in [-0.25, -0.2) is 0 Å². The number of aryl methyl sites for hydroxylation is 1. The maximum absolute atomic E-state index is 12.4. The van der Waals surface area contributed by atoms with Crippen LogP contribution in [-0.4, -0.2) is 21.4 Å². The van der Waals surface area contributed by atoms with Crippen LogP contribution in [0.5, 0.6) is 5.75 Å². The zero-order chi connectivity index (χ0) is 15.4. The first-order valence-electron chi connectivity index (χ1n) is 6.65. The van der Waals surface area contributed by atoms with Gasteiger partial charge in [-0.2, -0.15) is 0 Å². The molecule has 0 spiro atoms. The van der Waals surface area contributed by atoms with Crippen molar-refractivity contribution in [1.82, 2.24) is 5.16 Å². The van der Waals surface area contributed by atoms with Crippen molar-refractivity contribution in [2.45, 2.75) is 30.9 Å². The summed E-state index contributed by atoms with van der Waals surface area (Å²) in [4.78, 5) is 13.3. The van der Waals surface area contributed by atoms with Gasteiger partial charge in [-0.3, -0.25) is 4.79 Å². The van der Waals surface area contributed by atoms with E-state index in [1.54, 1.807) is 37.3 Å². The van der Waals surface area contributed by atoms with Gasteiger partial charge in [0, 0.05) is 11.0 Å². The van der Waals surface area contributed by atoms with Crippen molar-refractivity contribution in [3.63, 3.8) is 0 Å². The summed E-state index contributed by atoms with van der Waals surface area (Å²) in [5.74, 6) is 1.32. The van der Waals surface area contributed by atoms with Gasteiger partial charge in [0.15, 0.2) is 5.82 Å². The molecule has 0 aliphatic carbocycles. The van der Waals surface area contributed by atoms with E-state index in [9.17, 15) is 9.90 Å². The van der Waals surface area contributed by atoms with Gasteiger partial charge in [-0.05, 0) is 37.1 Å². The molecule has 0 unspecified atom stereocenters. The van der Waals surface area contributed by atoms with Crippen LogP contribution in [-0.2, 0) is 4.79 Å². The lowest BCUT2D eigenvalue weighted by Gasteiger charge is -2.19. The van der Waals surface area contributed by atoms with Crippen LogP contribution >= 0.6 is 11.8 Å². The molecular weight excluding hydrogens is 288 g/mol. The Balaban J connectivity index is 2.07. The Kier molecular flexibility index (Phi) is 4.90. The topological polar surface area (TPSA) is 75.4 Å². The molecule has 0 aliphatic rings.